The summed E-state index contributed by atoms with van der Waals surface area (Å²) in [5, 5.41) is 13.0. The maximum absolute atomic E-state index is 15.9. The van der Waals surface area contributed by atoms with Crippen LogP contribution in [0, 0.1) is 0 Å². The molecule has 1 heterocycles. The zero-order valence-electron chi connectivity index (χ0n) is 23.1. The number of β-amino-alcohol motifs (C(OH)–C–C–N with tert-alkyl or cyclic N) is 1. The SMILES string of the molecule is O[C@@H](COc1ccc2ccccc2c1)CN1CCN(C2c3ccccc3C(F)C(F)c3c(C4CC4)cccc32)CC1. The van der Waals surface area contributed by atoms with Crippen LogP contribution in [0.15, 0.2) is 84.9 Å². The quantitative estimate of drug-likeness (QED) is 0.270. The highest BCUT2D eigenvalue weighted by Crippen LogP contribution is 2.53. The van der Waals surface area contributed by atoms with Gasteiger partial charge in [0.05, 0.1) is 6.04 Å². The molecule has 7 rings (SSSR count). The first-order valence-electron chi connectivity index (χ1n) is 14.8. The fourth-order valence-corrected chi connectivity index (χ4v) is 6.79. The molecular weight excluding hydrogens is 518 g/mol. The van der Waals surface area contributed by atoms with Crippen molar-refractivity contribution in [2.75, 3.05) is 39.3 Å². The second-order valence-electron chi connectivity index (χ2n) is 11.8. The van der Waals surface area contributed by atoms with E-state index < -0.39 is 18.4 Å². The van der Waals surface area contributed by atoms with E-state index in [1.807, 2.05) is 66.7 Å². The summed E-state index contributed by atoms with van der Waals surface area (Å²) in [7, 11) is 0. The lowest BCUT2D eigenvalue weighted by Crippen LogP contribution is -2.50. The van der Waals surface area contributed by atoms with Gasteiger partial charge in [0.2, 0.25) is 0 Å². The molecule has 0 amide bonds. The number of benzene rings is 4. The van der Waals surface area contributed by atoms with Crippen molar-refractivity contribution >= 4 is 10.8 Å². The maximum atomic E-state index is 15.9. The molecule has 0 aromatic heterocycles. The van der Waals surface area contributed by atoms with E-state index in [1.165, 1.54) is 0 Å². The fraction of sp³-hybridized carbons (Fsp3) is 0.371. The van der Waals surface area contributed by atoms with E-state index in [0.29, 0.717) is 23.6 Å². The van der Waals surface area contributed by atoms with Crippen molar-refractivity contribution in [1.29, 1.82) is 0 Å². The molecule has 3 aliphatic rings. The zero-order valence-corrected chi connectivity index (χ0v) is 23.1. The van der Waals surface area contributed by atoms with Gasteiger partial charge in [-0.3, -0.25) is 9.80 Å². The van der Waals surface area contributed by atoms with Gasteiger partial charge in [-0.15, -0.1) is 0 Å². The van der Waals surface area contributed by atoms with E-state index in [2.05, 4.69) is 21.9 Å². The molecule has 4 aromatic carbocycles. The number of halogens is 2. The van der Waals surface area contributed by atoms with Crippen molar-refractivity contribution < 1.29 is 18.6 Å². The van der Waals surface area contributed by atoms with E-state index in [-0.39, 0.29) is 12.6 Å². The van der Waals surface area contributed by atoms with Gasteiger partial charge in [0.15, 0.2) is 12.3 Å². The Hall–Kier alpha value is -3.32. The van der Waals surface area contributed by atoms with Crippen LogP contribution in [0.25, 0.3) is 10.8 Å². The molecule has 3 unspecified atom stereocenters. The van der Waals surface area contributed by atoms with Gasteiger partial charge in [-0.1, -0.05) is 72.8 Å². The summed E-state index contributed by atoms with van der Waals surface area (Å²) in [5.41, 5.74) is 3.81. The van der Waals surface area contributed by atoms with E-state index in [0.717, 1.165) is 72.2 Å². The molecule has 212 valence electrons. The predicted molar refractivity (Wildman–Crippen MR) is 158 cm³/mol. The molecule has 1 saturated carbocycles. The second-order valence-corrected chi connectivity index (χ2v) is 11.8. The third-order valence-electron chi connectivity index (χ3n) is 9.01. The largest absolute Gasteiger partial charge is 0.491 e. The van der Waals surface area contributed by atoms with Crippen molar-refractivity contribution in [2.45, 2.75) is 43.2 Å². The van der Waals surface area contributed by atoms with Crippen LogP contribution >= 0.6 is 0 Å². The summed E-state index contributed by atoms with van der Waals surface area (Å²) < 4.78 is 37.6. The zero-order chi connectivity index (χ0) is 27.9. The first-order valence-corrected chi connectivity index (χ1v) is 14.8. The van der Waals surface area contributed by atoms with Crippen molar-refractivity contribution in [2.24, 2.45) is 0 Å². The van der Waals surface area contributed by atoms with Crippen molar-refractivity contribution in [3.05, 3.63) is 113 Å². The Balaban J connectivity index is 1.05. The smallest absolute Gasteiger partial charge is 0.161 e. The minimum Gasteiger partial charge on any atom is -0.491 e. The van der Waals surface area contributed by atoms with Crippen LogP contribution in [0.2, 0.25) is 0 Å². The lowest BCUT2D eigenvalue weighted by atomic mass is 9.89. The molecule has 6 heteroatoms. The van der Waals surface area contributed by atoms with Gasteiger partial charge in [0, 0.05) is 32.7 Å². The Morgan fingerprint density at radius 3 is 2.20 bits per heavy atom. The Morgan fingerprint density at radius 1 is 0.732 bits per heavy atom. The normalized spacial score (nSPS) is 23.9. The summed E-state index contributed by atoms with van der Waals surface area (Å²) >= 11 is 0. The van der Waals surface area contributed by atoms with Crippen LogP contribution in [0.5, 0.6) is 5.75 Å². The summed E-state index contributed by atoms with van der Waals surface area (Å²) in [6.45, 7) is 3.77. The Morgan fingerprint density at radius 2 is 1.41 bits per heavy atom. The molecule has 1 aliphatic heterocycles. The van der Waals surface area contributed by atoms with Crippen molar-refractivity contribution in [3.63, 3.8) is 0 Å². The average Bonchev–Trinajstić information content (AvgIpc) is 3.86. The van der Waals surface area contributed by atoms with Crippen LogP contribution in [0.3, 0.4) is 0 Å². The Bertz CT molecular complexity index is 1530. The van der Waals surface area contributed by atoms with Crippen LogP contribution in [0.1, 0.15) is 65.0 Å². The summed E-state index contributed by atoms with van der Waals surface area (Å²) in [6.07, 6.45) is -1.86. The van der Waals surface area contributed by atoms with Crippen LogP contribution in [-0.4, -0.2) is 60.3 Å². The van der Waals surface area contributed by atoms with Gasteiger partial charge < -0.3 is 9.84 Å². The van der Waals surface area contributed by atoms with Gasteiger partial charge in [-0.25, -0.2) is 8.78 Å². The van der Waals surface area contributed by atoms with Gasteiger partial charge in [0.25, 0.3) is 0 Å². The highest BCUT2D eigenvalue weighted by atomic mass is 19.2. The minimum atomic E-state index is -1.67. The van der Waals surface area contributed by atoms with Gasteiger partial charge in [0.1, 0.15) is 18.5 Å². The van der Waals surface area contributed by atoms with Crippen LogP contribution in [0.4, 0.5) is 8.78 Å². The monoisotopic (exact) mass is 554 g/mol. The first kappa shape index (κ1) is 26.6. The van der Waals surface area contributed by atoms with E-state index in [9.17, 15) is 5.11 Å². The number of piperazine rings is 1. The van der Waals surface area contributed by atoms with Crippen molar-refractivity contribution in [1.82, 2.24) is 9.80 Å². The molecule has 4 atom stereocenters. The molecule has 2 fully saturated rings. The summed E-state index contributed by atoms with van der Waals surface area (Å²) in [4.78, 5) is 4.62. The lowest BCUT2D eigenvalue weighted by Gasteiger charge is -2.40. The topological polar surface area (TPSA) is 35.9 Å². The number of ether oxygens (including phenoxy) is 1. The molecular formula is C35H36F2N2O2. The summed E-state index contributed by atoms with van der Waals surface area (Å²) in [6, 6.07) is 27.4. The molecule has 0 spiro atoms. The number of hydrogen-bond donors (Lipinski definition) is 1. The third kappa shape index (κ3) is 5.25. The summed E-state index contributed by atoms with van der Waals surface area (Å²) in [5.74, 6) is 1.09. The number of hydrogen-bond acceptors (Lipinski definition) is 4. The molecule has 4 nitrogen and oxygen atoms in total. The number of aliphatic hydroxyl groups is 1. The van der Waals surface area contributed by atoms with E-state index in [4.69, 9.17) is 4.74 Å². The molecule has 1 N–H and O–H groups in total. The highest BCUT2D eigenvalue weighted by Gasteiger charge is 2.42. The highest BCUT2D eigenvalue weighted by molar-refractivity contribution is 5.83. The first-order chi connectivity index (χ1) is 20.1. The standard InChI is InChI=1S/C35H36F2N2O2/c36-33-29-8-3-4-9-30(29)35(31-11-5-10-28(24-12-13-24)32(31)34(33)37)39-18-16-38(17-19-39)21-26(40)22-41-27-15-14-23-6-1-2-7-25(23)20-27/h1-11,14-15,20,24,26,33-35,40H,12-13,16-19,21-22H2/t26-,33?,34?,35?/m1/s1. The maximum Gasteiger partial charge on any atom is 0.161 e. The molecule has 2 aliphatic carbocycles. The van der Waals surface area contributed by atoms with Crippen molar-refractivity contribution in [3.8, 4) is 5.75 Å². The predicted octanol–water partition coefficient (Wildman–Crippen LogP) is 6.90. The van der Waals surface area contributed by atoms with E-state index in [1.54, 1.807) is 6.07 Å². The molecule has 41 heavy (non-hydrogen) atoms. The fourth-order valence-electron chi connectivity index (χ4n) is 6.79. The Kier molecular flexibility index (Phi) is 7.23. The van der Waals surface area contributed by atoms with Gasteiger partial charge in [-0.05, 0) is 69.5 Å². The lowest BCUT2D eigenvalue weighted by molar-refractivity contribution is 0.0400. The Labute approximate surface area is 240 Å². The number of nitrogens with zero attached hydrogens (tertiary/aromatic N) is 2. The molecule has 1 saturated heterocycles. The number of aliphatic hydroxyl groups excluding tert-OH is 1. The average molecular weight is 555 g/mol. The second kappa shape index (κ2) is 11.2. The minimum absolute atomic E-state index is 0.192. The van der Waals surface area contributed by atoms with Crippen LogP contribution in [-0.2, 0) is 0 Å². The molecule has 0 radical (unpaired) electrons. The number of alkyl halides is 2. The van der Waals surface area contributed by atoms with Crippen LogP contribution < -0.4 is 4.74 Å². The molecule has 0 bridgehead atoms. The van der Waals surface area contributed by atoms with E-state index >= 15 is 8.78 Å². The number of fused-ring (bicyclic) bond motifs is 3. The number of rotatable bonds is 7. The third-order valence-corrected chi connectivity index (χ3v) is 9.01. The molecule has 4 aromatic rings. The van der Waals surface area contributed by atoms with Gasteiger partial charge in [-0.2, -0.15) is 0 Å². The van der Waals surface area contributed by atoms with Gasteiger partial charge >= 0.3 is 0 Å².